The van der Waals surface area contributed by atoms with Crippen molar-refractivity contribution in [1.29, 1.82) is 0 Å². The minimum absolute atomic E-state index is 0.0128. The minimum atomic E-state index is -1.04. The second-order valence-corrected chi connectivity index (χ2v) is 3.73. The number of aromatic carboxylic acids is 1. The molecule has 0 bridgehead atoms. The Labute approximate surface area is 93.9 Å². The molecule has 0 unspecified atom stereocenters. The first-order chi connectivity index (χ1) is 7.45. The van der Waals surface area contributed by atoms with Crippen LogP contribution >= 0.6 is 0 Å². The molecule has 0 heterocycles. The average Bonchev–Trinajstić information content (AvgIpc) is 2.20. The number of phenolic OH excluding ortho intramolecular Hbond substituents is 1. The van der Waals surface area contributed by atoms with E-state index in [1.165, 1.54) is 19.2 Å². The first-order valence-electron chi connectivity index (χ1n) is 4.73. The fourth-order valence-electron chi connectivity index (χ4n) is 1.41. The number of rotatable bonds is 4. The first kappa shape index (κ1) is 12.3. The smallest absolute Gasteiger partial charge is 0.335 e. The van der Waals surface area contributed by atoms with Crippen molar-refractivity contribution in [2.24, 2.45) is 0 Å². The van der Waals surface area contributed by atoms with Crippen LogP contribution in [0.2, 0.25) is 0 Å². The van der Waals surface area contributed by atoms with E-state index in [4.69, 9.17) is 9.84 Å². The lowest BCUT2D eigenvalue weighted by Gasteiger charge is -2.14. The van der Waals surface area contributed by atoms with Crippen molar-refractivity contribution >= 4 is 5.97 Å². The second kappa shape index (κ2) is 4.85. The Kier molecular flexibility index (Phi) is 3.73. The predicted molar refractivity (Wildman–Crippen MR) is 59.0 cm³/mol. The number of carboxylic acid groups (broad SMARTS) is 1. The number of nitrogens with zero attached hydrogens (tertiary/aromatic N) is 1. The molecule has 0 aliphatic carbocycles. The molecule has 1 rings (SSSR count). The number of methoxy groups -OCH3 is 1. The van der Waals surface area contributed by atoms with Gasteiger partial charge in [-0.3, -0.25) is 0 Å². The third-order valence-corrected chi connectivity index (χ3v) is 2.11. The van der Waals surface area contributed by atoms with E-state index in [1.807, 2.05) is 19.0 Å². The molecule has 5 heteroatoms. The van der Waals surface area contributed by atoms with Gasteiger partial charge in [0.2, 0.25) is 0 Å². The predicted octanol–water partition coefficient (Wildman–Crippen LogP) is 1.16. The average molecular weight is 225 g/mol. The molecule has 0 saturated carbocycles. The van der Waals surface area contributed by atoms with Crippen LogP contribution in [0.15, 0.2) is 12.1 Å². The third-order valence-electron chi connectivity index (χ3n) is 2.11. The van der Waals surface area contributed by atoms with Gasteiger partial charge in [0.15, 0.2) is 11.5 Å². The van der Waals surface area contributed by atoms with Gasteiger partial charge in [-0.15, -0.1) is 0 Å². The van der Waals surface area contributed by atoms with Gasteiger partial charge in [-0.1, -0.05) is 0 Å². The number of benzene rings is 1. The van der Waals surface area contributed by atoms with E-state index in [1.54, 1.807) is 0 Å². The summed E-state index contributed by atoms with van der Waals surface area (Å²) in [5, 5.41) is 18.7. The van der Waals surface area contributed by atoms with Gasteiger partial charge in [0.1, 0.15) is 0 Å². The highest BCUT2D eigenvalue weighted by molar-refractivity contribution is 5.89. The van der Waals surface area contributed by atoms with Crippen molar-refractivity contribution in [2.45, 2.75) is 6.54 Å². The second-order valence-electron chi connectivity index (χ2n) is 3.73. The molecule has 0 amide bonds. The van der Waals surface area contributed by atoms with Crippen LogP contribution < -0.4 is 4.74 Å². The van der Waals surface area contributed by atoms with Crippen LogP contribution in [0.5, 0.6) is 11.5 Å². The van der Waals surface area contributed by atoms with E-state index in [-0.39, 0.29) is 17.1 Å². The summed E-state index contributed by atoms with van der Waals surface area (Å²) in [7, 11) is 5.05. The summed E-state index contributed by atoms with van der Waals surface area (Å²) in [6.07, 6.45) is 0. The summed E-state index contributed by atoms with van der Waals surface area (Å²) in [5.74, 6) is -0.878. The van der Waals surface area contributed by atoms with Crippen molar-refractivity contribution in [3.8, 4) is 11.5 Å². The van der Waals surface area contributed by atoms with Crippen LogP contribution in [0.25, 0.3) is 0 Å². The van der Waals surface area contributed by atoms with Crippen LogP contribution in [0.4, 0.5) is 0 Å². The van der Waals surface area contributed by atoms with Gasteiger partial charge in [0, 0.05) is 12.1 Å². The Morgan fingerprint density at radius 1 is 1.44 bits per heavy atom. The Hall–Kier alpha value is -1.75. The lowest BCUT2D eigenvalue weighted by Crippen LogP contribution is -2.12. The number of hydrogen-bond donors (Lipinski definition) is 2. The Morgan fingerprint density at radius 3 is 2.50 bits per heavy atom. The van der Waals surface area contributed by atoms with E-state index < -0.39 is 5.97 Å². The summed E-state index contributed by atoms with van der Waals surface area (Å²) in [4.78, 5) is 12.7. The molecule has 1 aromatic carbocycles. The van der Waals surface area contributed by atoms with Gasteiger partial charge in [-0.2, -0.15) is 0 Å². The largest absolute Gasteiger partial charge is 0.504 e. The van der Waals surface area contributed by atoms with E-state index in [0.717, 1.165) is 0 Å². The quantitative estimate of drug-likeness (QED) is 0.804. The molecule has 16 heavy (non-hydrogen) atoms. The van der Waals surface area contributed by atoms with Crippen molar-refractivity contribution in [2.75, 3.05) is 21.2 Å². The zero-order chi connectivity index (χ0) is 12.3. The number of aromatic hydroxyl groups is 1. The number of carboxylic acids is 1. The van der Waals surface area contributed by atoms with Crippen molar-refractivity contribution in [3.63, 3.8) is 0 Å². The molecule has 0 fully saturated rings. The maximum absolute atomic E-state index is 10.9. The number of ether oxygens (including phenoxy) is 1. The fourth-order valence-corrected chi connectivity index (χ4v) is 1.41. The van der Waals surface area contributed by atoms with Gasteiger partial charge < -0.3 is 19.8 Å². The minimum Gasteiger partial charge on any atom is -0.504 e. The number of hydrogen-bond acceptors (Lipinski definition) is 4. The Bertz CT molecular complexity index is 401. The zero-order valence-corrected chi connectivity index (χ0v) is 9.52. The maximum Gasteiger partial charge on any atom is 0.335 e. The molecule has 0 aliphatic rings. The molecular weight excluding hydrogens is 210 g/mol. The zero-order valence-electron chi connectivity index (χ0n) is 9.52. The molecule has 5 nitrogen and oxygen atoms in total. The lowest BCUT2D eigenvalue weighted by atomic mass is 10.1. The summed E-state index contributed by atoms with van der Waals surface area (Å²) in [6, 6.07) is 2.75. The van der Waals surface area contributed by atoms with Crippen LogP contribution in [0.1, 0.15) is 15.9 Å². The molecule has 0 atom stereocenters. The molecule has 0 aromatic heterocycles. The summed E-state index contributed by atoms with van der Waals surface area (Å²) >= 11 is 0. The van der Waals surface area contributed by atoms with Gasteiger partial charge in [0.05, 0.1) is 12.7 Å². The van der Waals surface area contributed by atoms with Crippen molar-refractivity contribution < 1.29 is 19.7 Å². The Balaban J connectivity index is 3.24. The fraction of sp³-hybridized carbons (Fsp3) is 0.364. The van der Waals surface area contributed by atoms with Gasteiger partial charge in [-0.25, -0.2) is 4.79 Å². The van der Waals surface area contributed by atoms with Crippen LogP contribution in [0.3, 0.4) is 0 Å². The SMILES string of the molecule is COc1cc(C(=O)O)cc(CN(C)C)c1O. The maximum atomic E-state index is 10.9. The third kappa shape index (κ3) is 2.64. The van der Waals surface area contributed by atoms with Crippen LogP contribution in [0, 0.1) is 0 Å². The van der Waals surface area contributed by atoms with E-state index in [0.29, 0.717) is 12.1 Å². The van der Waals surface area contributed by atoms with E-state index in [9.17, 15) is 9.90 Å². The van der Waals surface area contributed by atoms with Gasteiger partial charge in [0.25, 0.3) is 0 Å². The lowest BCUT2D eigenvalue weighted by molar-refractivity contribution is 0.0696. The normalized spacial score (nSPS) is 10.5. The molecule has 0 spiro atoms. The Morgan fingerprint density at radius 2 is 2.06 bits per heavy atom. The molecule has 0 aliphatic heterocycles. The molecular formula is C11H15NO4. The molecule has 0 radical (unpaired) electrons. The monoisotopic (exact) mass is 225 g/mol. The number of phenols is 1. The highest BCUT2D eigenvalue weighted by Gasteiger charge is 2.14. The van der Waals surface area contributed by atoms with E-state index >= 15 is 0 Å². The number of carbonyl (C=O) groups is 1. The van der Waals surface area contributed by atoms with Gasteiger partial charge in [-0.05, 0) is 26.2 Å². The summed E-state index contributed by atoms with van der Waals surface area (Å²) < 4.78 is 4.93. The molecule has 0 saturated heterocycles. The summed E-state index contributed by atoms with van der Waals surface area (Å²) in [6.45, 7) is 0.448. The van der Waals surface area contributed by atoms with Crippen molar-refractivity contribution in [1.82, 2.24) is 4.90 Å². The van der Waals surface area contributed by atoms with Crippen LogP contribution in [-0.4, -0.2) is 42.3 Å². The summed E-state index contributed by atoms with van der Waals surface area (Å²) in [5.41, 5.74) is 0.633. The first-order valence-corrected chi connectivity index (χ1v) is 4.73. The molecule has 2 N–H and O–H groups in total. The van der Waals surface area contributed by atoms with Crippen LogP contribution in [-0.2, 0) is 6.54 Å². The van der Waals surface area contributed by atoms with E-state index in [2.05, 4.69) is 0 Å². The van der Waals surface area contributed by atoms with Crippen molar-refractivity contribution in [3.05, 3.63) is 23.3 Å². The standard InChI is InChI=1S/C11H15NO4/c1-12(2)6-8-4-7(11(14)15)5-9(16-3)10(8)13/h4-5,13H,6H2,1-3H3,(H,14,15). The molecule has 1 aromatic rings. The highest BCUT2D eigenvalue weighted by atomic mass is 16.5. The highest BCUT2D eigenvalue weighted by Crippen LogP contribution is 2.32. The molecule has 88 valence electrons. The topological polar surface area (TPSA) is 70.0 Å². The van der Waals surface area contributed by atoms with Gasteiger partial charge >= 0.3 is 5.97 Å².